The summed E-state index contributed by atoms with van der Waals surface area (Å²) >= 11 is 0. The van der Waals surface area contributed by atoms with Gasteiger partial charge in [-0.1, -0.05) is 48.5 Å². The van der Waals surface area contributed by atoms with E-state index in [4.69, 9.17) is 4.74 Å². The molecule has 0 radical (unpaired) electrons. The highest BCUT2D eigenvalue weighted by atomic mass is 127. The summed E-state index contributed by atoms with van der Waals surface area (Å²) in [7, 11) is 1.75. The van der Waals surface area contributed by atoms with Gasteiger partial charge in [-0.25, -0.2) is 4.98 Å². The van der Waals surface area contributed by atoms with E-state index in [1.807, 2.05) is 63.4 Å². The summed E-state index contributed by atoms with van der Waals surface area (Å²) in [6, 6.07) is 18.2. The molecule has 0 aliphatic heterocycles. The molecule has 0 saturated carbocycles. The van der Waals surface area contributed by atoms with E-state index in [1.165, 1.54) is 0 Å². The lowest BCUT2D eigenvalue weighted by Crippen LogP contribution is -2.36. The second kappa shape index (κ2) is 11.0. The van der Waals surface area contributed by atoms with Gasteiger partial charge in [0, 0.05) is 19.2 Å². The molecule has 0 unspecified atom stereocenters. The smallest absolute Gasteiger partial charge is 0.191 e. The van der Waals surface area contributed by atoms with Crippen molar-refractivity contribution in [2.24, 2.45) is 4.99 Å². The highest BCUT2D eigenvalue weighted by Gasteiger charge is 2.14. The van der Waals surface area contributed by atoms with E-state index in [9.17, 15) is 0 Å². The molecule has 3 N–H and O–H groups in total. The van der Waals surface area contributed by atoms with Gasteiger partial charge in [0.25, 0.3) is 0 Å². The van der Waals surface area contributed by atoms with Crippen LogP contribution in [0.15, 0.2) is 65.8 Å². The largest absolute Gasteiger partial charge is 0.488 e. The van der Waals surface area contributed by atoms with E-state index < -0.39 is 0 Å². The van der Waals surface area contributed by atoms with Crippen LogP contribution < -0.4 is 15.4 Å². The van der Waals surface area contributed by atoms with Gasteiger partial charge in [0.15, 0.2) is 5.96 Å². The van der Waals surface area contributed by atoms with Crippen molar-refractivity contribution in [3.05, 3.63) is 72.2 Å². The number of H-pyrrole nitrogens is 1. The van der Waals surface area contributed by atoms with Crippen LogP contribution in [-0.2, 0) is 13.1 Å². The summed E-state index contributed by atoms with van der Waals surface area (Å²) < 4.78 is 6.06. The fraction of sp³-hybridized carbons (Fsp3) is 0.304. The van der Waals surface area contributed by atoms with Gasteiger partial charge in [-0.15, -0.1) is 24.0 Å². The SMILES string of the molecule is CN=C(NCc1ncc(-c2ccccc2)[nH]1)NCc1ccccc1OC(C)(C)C.I. The molecular weight excluding hydrogens is 489 g/mol. The number of nitrogens with zero attached hydrogens (tertiary/aromatic N) is 2. The number of aromatic nitrogens is 2. The molecule has 1 aromatic heterocycles. The van der Waals surface area contributed by atoms with E-state index in [1.54, 1.807) is 7.05 Å². The van der Waals surface area contributed by atoms with Crippen molar-refractivity contribution in [3.63, 3.8) is 0 Å². The number of imidazole rings is 1. The Morgan fingerprint density at radius 2 is 1.67 bits per heavy atom. The van der Waals surface area contributed by atoms with E-state index in [0.29, 0.717) is 19.0 Å². The Balaban J connectivity index is 0.00000320. The number of halogens is 1. The standard InChI is InChI=1S/C23H29N5O.HI/c1-23(2,3)29-20-13-9-8-12-18(20)14-26-22(24-4)27-16-21-25-15-19(28-21)17-10-6-5-7-11-17;/h5-13,15H,14,16H2,1-4H3,(H,25,28)(H2,24,26,27);1H. The lowest BCUT2D eigenvalue weighted by Gasteiger charge is -2.23. The Labute approximate surface area is 195 Å². The lowest BCUT2D eigenvalue weighted by molar-refractivity contribution is 0.129. The number of benzene rings is 2. The predicted octanol–water partition coefficient (Wildman–Crippen LogP) is 4.74. The second-order valence-electron chi connectivity index (χ2n) is 7.71. The average molecular weight is 519 g/mol. The van der Waals surface area contributed by atoms with Gasteiger partial charge in [-0.05, 0) is 32.4 Å². The van der Waals surface area contributed by atoms with Crippen molar-refractivity contribution in [3.8, 4) is 17.0 Å². The molecule has 160 valence electrons. The first-order valence-electron chi connectivity index (χ1n) is 9.75. The first-order chi connectivity index (χ1) is 13.9. The van der Waals surface area contributed by atoms with Crippen LogP contribution in [0.5, 0.6) is 5.75 Å². The van der Waals surface area contributed by atoms with Gasteiger partial charge in [-0.2, -0.15) is 0 Å². The minimum absolute atomic E-state index is 0. The molecular formula is C23H30IN5O. The highest BCUT2D eigenvalue weighted by molar-refractivity contribution is 14.0. The van der Waals surface area contributed by atoms with Crippen LogP contribution in [0.1, 0.15) is 32.2 Å². The Hall–Kier alpha value is -2.55. The number of rotatable bonds is 6. The molecule has 30 heavy (non-hydrogen) atoms. The molecule has 3 rings (SSSR count). The fourth-order valence-corrected chi connectivity index (χ4v) is 2.86. The number of nitrogens with one attached hydrogen (secondary N) is 3. The summed E-state index contributed by atoms with van der Waals surface area (Å²) in [4.78, 5) is 12.1. The van der Waals surface area contributed by atoms with Gasteiger partial charge in [0.2, 0.25) is 0 Å². The molecule has 7 heteroatoms. The first-order valence-corrected chi connectivity index (χ1v) is 9.75. The maximum Gasteiger partial charge on any atom is 0.191 e. The molecule has 6 nitrogen and oxygen atoms in total. The molecule has 0 aliphatic rings. The van der Waals surface area contributed by atoms with Gasteiger partial charge in [-0.3, -0.25) is 4.99 Å². The number of para-hydroxylation sites is 1. The van der Waals surface area contributed by atoms with Crippen LogP contribution in [0, 0.1) is 0 Å². The molecule has 0 bridgehead atoms. The van der Waals surface area contributed by atoms with Gasteiger partial charge < -0.3 is 20.4 Å². The van der Waals surface area contributed by atoms with Crippen LogP contribution in [-0.4, -0.2) is 28.6 Å². The zero-order valence-corrected chi connectivity index (χ0v) is 20.2. The van der Waals surface area contributed by atoms with E-state index in [0.717, 1.165) is 28.4 Å². The van der Waals surface area contributed by atoms with Crippen molar-refractivity contribution in [2.75, 3.05) is 7.05 Å². The average Bonchev–Trinajstić information content (AvgIpc) is 3.18. The Morgan fingerprint density at radius 3 is 2.37 bits per heavy atom. The molecule has 0 spiro atoms. The second-order valence-corrected chi connectivity index (χ2v) is 7.71. The Bertz CT molecular complexity index is 947. The number of aliphatic imine (C=N–C) groups is 1. The molecule has 0 saturated heterocycles. The number of guanidine groups is 1. The summed E-state index contributed by atoms with van der Waals surface area (Å²) in [5.74, 6) is 2.43. The van der Waals surface area contributed by atoms with Crippen molar-refractivity contribution >= 4 is 29.9 Å². The van der Waals surface area contributed by atoms with E-state index in [-0.39, 0.29) is 29.6 Å². The zero-order chi connectivity index (χ0) is 20.7. The van der Waals surface area contributed by atoms with Crippen molar-refractivity contribution in [1.29, 1.82) is 0 Å². The van der Waals surface area contributed by atoms with Crippen molar-refractivity contribution < 1.29 is 4.74 Å². The van der Waals surface area contributed by atoms with Gasteiger partial charge in [0.05, 0.1) is 18.4 Å². The van der Waals surface area contributed by atoms with Gasteiger partial charge in [0.1, 0.15) is 17.2 Å². The quantitative estimate of drug-likeness (QED) is 0.250. The van der Waals surface area contributed by atoms with Gasteiger partial charge >= 0.3 is 0 Å². The molecule has 1 heterocycles. The topological polar surface area (TPSA) is 74.3 Å². The summed E-state index contributed by atoms with van der Waals surface area (Å²) in [6.45, 7) is 7.30. The van der Waals surface area contributed by atoms with Crippen LogP contribution in [0.4, 0.5) is 0 Å². The normalized spacial score (nSPS) is 11.5. The van der Waals surface area contributed by atoms with Crippen LogP contribution in [0.2, 0.25) is 0 Å². The van der Waals surface area contributed by atoms with Crippen LogP contribution >= 0.6 is 24.0 Å². The number of hydrogen-bond acceptors (Lipinski definition) is 3. The Morgan fingerprint density at radius 1 is 1.00 bits per heavy atom. The third kappa shape index (κ3) is 7.05. The molecule has 0 aliphatic carbocycles. The van der Waals surface area contributed by atoms with E-state index >= 15 is 0 Å². The third-order valence-corrected chi connectivity index (χ3v) is 4.20. The Kier molecular flexibility index (Phi) is 8.71. The molecule has 0 amide bonds. The first kappa shape index (κ1) is 23.7. The maximum absolute atomic E-state index is 6.06. The van der Waals surface area contributed by atoms with Crippen LogP contribution in [0.25, 0.3) is 11.3 Å². The third-order valence-electron chi connectivity index (χ3n) is 4.20. The minimum Gasteiger partial charge on any atom is -0.488 e. The molecule has 3 aromatic rings. The zero-order valence-electron chi connectivity index (χ0n) is 17.9. The number of aromatic amines is 1. The molecule has 2 aromatic carbocycles. The minimum atomic E-state index is -0.244. The highest BCUT2D eigenvalue weighted by Crippen LogP contribution is 2.22. The van der Waals surface area contributed by atoms with Crippen LogP contribution in [0.3, 0.4) is 0 Å². The lowest BCUT2D eigenvalue weighted by atomic mass is 10.1. The summed E-state index contributed by atoms with van der Waals surface area (Å²) in [5, 5.41) is 6.63. The predicted molar refractivity (Wildman–Crippen MR) is 133 cm³/mol. The summed E-state index contributed by atoms with van der Waals surface area (Å²) in [5.41, 5.74) is 2.95. The molecule has 0 atom stereocenters. The summed E-state index contributed by atoms with van der Waals surface area (Å²) in [6.07, 6.45) is 1.85. The van der Waals surface area contributed by atoms with E-state index in [2.05, 4.69) is 43.8 Å². The number of hydrogen-bond donors (Lipinski definition) is 3. The molecule has 0 fully saturated rings. The van der Waals surface area contributed by atoms with Crippen molar-refractivity contribution in [1.82, 2.24) is 20.6 Å². The van der Waals surface area contributed by atoms with Crippen molar-refractivity contribution in [2.45, 2.75) is 39.5 Å². The monoisotopic (exact) mass is 519 g/mol. The maximum atomic E-state index is 6.06. The number of ether oxygens (including phenoxy) is 1. The fourth-order valence-electron chi connectivity index (χ4n) is 2.86.